The lowest BCUT2D eigenvalue weighted by molar-refractivity contribution is 0.0733. The minimum absolute atomic E-state index is 0.279. The van der Waals surface area contributed by atoms with E-state index in [1.807, 2.05) is 25.1 Å². The third kappa shape index (κ3) is 5.14. The highest BCUT2D eigenvalue weighted by Crippen LogP contribution is 2.19. The summed E-state index contributed by atoms with van der Waals surface area (Å²) in [4.78, 5) is 24.2. The fourth-order valence-corrected chi connectivity index (χ4v) is 2.87. The molecule has 0 radical (unpaired) electrons. The van der Waals surface area contributed by atoms with Crippen molar-refractivity contribution < 1.29 is 14.3 Å². The summed E-state index contributed by atoms with van der Waals surface area (Å²) in [6.45, 7) is 1.92. The molecule has 3 aromatic carbocycles. The van der Waals surface area contributed by atoms with Crippen LogP contribution in [0.2, 0.25) is 0 Å². The summed E-state index contributed by atoms with van der Waals surface area (Å²) in [7, 11) is 0. The van der Waals surface area contributed by atoms with E-state index in [4.69, 9.17) is 4.74 Å². The highest BCUT2D eigenvalue weighted by atomic mass is 79.9. The average Bonchev–Trinajstić information content (AvgIpc) is 2.69. The van der Waals surface area contributed by atoms with Gasteiger partial charge in [0.05, 0.1) is 11.8 Å². The normalized spacial score (nSPS) is 10.6. The van der Waals surface area contributed by atoms with Crippen molar-refractivity contribution in [2.75, 3.05) is 0 Å². The minimum atomic E-state index is -0.445. The topological polar surface area (TPSA) is 67.8 Å². The maximum Gasteiger partial charge on any atom is 0.344 e. The van der Waals surface area contributed by atoms with Gasteiger partial charge in [0.25, 0.3) is 5.91 Å². The van der Waals surface area contributed by atoms with Crippen LogP contribution in [0, 0.1) is 6.92 Å². The van der Waals surface area contributed by atoms with Crippen molar-refractivity contribution >= 4 is 34.0 Å². The second-order valence-electron chi connectivity index (χ2n) is 6.01. The maximum absolute atomic E-state index is 12.2. The molecule has 5 nitrogen and oxygen atoms in total. The summed E-state index contributed by atoms with van der Waals surface area (Å²) in [5, 5.41) is 3.96. The zero-order valence-electron chi connectivity index (χ0n) is 15.1. The molecule has 1 amide bonds. The number of carbonyl (C=O) groups excluding carboxylic acids is 2. The van der Waals surface area contributed by atoms with Gasteiger partial charge in [-0.1, -0.05) is 29.8 Å². The molecule has 1 N–H and O–H groups in total. The van der Waals surface area contributed by atoms with Gasteiger partial charge >= 0.3 is 5.97 Å². The molecule has 0 bridgehead atoms. The van der Waals surface area contributed by atoms with Crippen molar-refractivity contribution in [2.24, 2.45) is 5.10 Å². The van der Waals surface area contributed by atoms with E-state index in [2.05, 4.69) is 26.5 Å². The summed E-state index contributed by atoms with van der Waals surface area (Å²) < 4.78 is 6.04. The van der Waals surface area contributed by atoms with Gasteiger partial charge in [0, 0.05) is 10.0 Å². The van der Waals surface area contributed by atoms with Gasteiger partial charge in [-0.3, -0.25) is 4.79 Å². The molecule has 0 unspecified atom stereocenters. The van der Waals surface area contributed by atoms with E-state index in [1.54, 1.807) is 54.6 Å². The fraction of sp³-hybridized carbons (Fsp3) is 0.0455. The standard InChI is InChI=1S/C22H17BrN2O3/c1-15-5-4-6-17(13-15)21(26)25-24-14-16-9-11-18(12-10-16)28-22(27)19-7-2-3-8-20(19)23/h2-14H,1H3,(H,25,26)/b24-14-. The second-order valence-corrected chi connectivity index (χ2v) is 6.86. The van der Waals surface area contributed by atoms with Crippen LogP contribution in [-0.2, 0) is 0 Å². The first-order valence-electron chi connectivity index (χ1n) is 8.50. The first-order chi connectivity index (χ1) is 13.5. The number of amides is 1. The van der Waals surface area contributed by atoms with Crippen LogP contribution >= 0.6 is 15.9 Å². The molecule has 0 aliphatic heterocycles. The Hall–Kier alpha value is -3.25. The zero-order chi connectivity index (χ0) is 19.9. The lowest BCUT2D eigenvalue weighted by Crippen LogP contribution is -2.17. The third-order valence-electron chi connectivity index (χ3n) is 3.84. The van der Waals surface area contributed by atoms with Gasteiger partial charge in [0.15, 0.2) is 0 Å². The van der Waals surface area contributed by atoms with E-state index in [0.29, 0.717) is 21.3 Å². The molecule has 0 atom stereocenters. The van der Waals surface area contributed by atoms with Crippen molar-refractivity contribution in [2.45, 2.75) is 6.92 Å². The number of nitrogens with one attached hydrogen (secondary N) is 1. The van der Waals surface area contributed by atoms with Gasteiger partial charge in [0.1, 0.15) is 5.75 Å². The molecule has 0 saturated heterocycles. The van der Waals surface area contributed by atoms with E-state index in [-0.39, 0.29) is 5.91 Å². The Labute approximate surface area is 171 Å². The molecule has 3 aromatic rings. The van der Waals surface area contributed by atoms with Gasteiger partial charge < -0.3 is 4.74 Å². The van der Waals surface area contributed by atoms with E-state index in [0.717, 1.165) is 11.1 Å². The van der Waals surface area contributed by atoms with Crippen LogP contribution in [0.25, 0.3) is 0 Å². The summed E-state index contributed by atoms with van der Waals surface area (Å²) >= 11 is 3.33. The van der Waals surface area contributed by atoms with Crippen molar-refractivity contribution in [1.29, 1.82) is 0 Å². The van der Waals surface area contributed by atoms with Crippen LogP contribution in [0.1, 0.15) is 31.8 Å². The molecule has 28 heavy (non-hydrogen) atoms. The summed E-state index contributed by atoms with van der Waals surface area (Å²) in [5.74, 6) is -0.306. The number of rotatable bonds is 5. The lowest BCUT2D eigenvalue weighted by Gasteiger charge is -2.06. The number of aryl methyl sites for hydroxylation is 1. The highest BCUT2D eigenvalue weighted by Gasteiger charge is 2.11. The summed E-state index contributed by atoms with van der Waals surface area (Å²) in [5.41, 5.74) is 5.25. The molecule has 3 rings (SSSR count). The average molecular weight is 437 g/mol. The van der Waals surface area contributed by atoms with Crippen LogP contribution < -0.4 is 10.2 Å². The highest BCUT2D eigenvalue weighted by molar-refractivity contribution is 9.10. The van der Waals surface area contributed by atoms with E-state index < -0.39 is 5.97 Å². The van der Waals surface area contributed by atoms with Crippen LogP contribution in [0.15, 0.2) is 82.4 Å². The molecule has 0 aromatic heterocycles. The van der Waals surface area contributed by atoms with Gasteiger partial charge in [-0.05, 0) is 76.9 Å². The number of esters is 1. The molecule has 6 heteroatoms. The van der Waals surface area contributed by atoms with E-state index in [9.17, 15) is 9.59 Å². The number of hydrogen-bond acceptors (Lipinski definition) is 4. The Morgan fingerprint density at radius 2 is 1.75 bits per heavy atom. The maximum atomic E-state index is 12.2. The van der Waals surface area contributed by atoms with Crippen molar-refractivity contribution in [3.05, 3.63) is 99.5 Å². The number of benzene rings is 3. The fourth-order valence-electron chi connectivity index (χ4n) is 2.43. The molecule has 0 aliphatic carbocycles. The summed E-state index contributed by atoms with van der Waals surface area (Å²) in [6, 6.07) is 21.1. The monoisotopic (exact) mass is 436 g/mol. The molecule has 0 saturated carbocycles. The number of ether oxygens (including phenoxy) is 1. The zero-order valence-corrected chi connectivity index (χ0v) is 16.6. The number of hydrogen-bond donors (Lipinski definition) is 1. The summed E-state index contributed by atoms with van der Waals surface area (Å²) in [6.07, 6.45) is 1.52. The molecule has 140 valence electrons. The Bertz CT molecular complexity index is 1030. The molecule has 0 heterocycles. The predicted molar refractivity (Wildman–Crippen MR) is 112 cm³/mol. The molecular formula is C22H17BrN2O3. The van der Waals surface area contributed by atoms with Crippen LogP contribution in [0.4, 0.5) is 0 Å². The van der Waals surface area contributed by atoms with Crippen LogP contribution in [-0.4, -0.2) is 18.1 Å². The molecular weight excluding hydrogens is 420 g/mol. The van der Waals surface area contributed by atoms with E-state index >= 15 is 0 Å². The van der Waals surface area contributed by atoms with Gasteiger partial charge in [-0.15, -0.1) is 0 Å². The van der Waals surface area contributed by atoms with Gasteiger partial charge in [-0.2, -0.15) is 5.10 Å². The van der Waals surface area contributed by atoms with E-state index in [1.165, 1.54) is 6.21 Å². The SMILES string of the molecule is Cc1cccc(C(=O)N/N=C\c2ccc(OC(=O)c3ccccc3Br)cc2)c1. The van der Waals surface area contributed by atoms with Crippen molar-refractivity contribution in [3.8, 4) is 5.75 Å². The predicted octanol–water partition coefficient (Wildman–Crippen LogP) is 4.74. The Morgan fingerprint density at radius 3 is 2.46 bits per heavy atom. The van der Waals surface area contributed by atoms with Crippen LogP contribution in [0.5, 0.6) is 5.75 Å². The first kappa shape index (κ1) is 19.5. The van der Waals surface area contributed by atoms with Crippen molar-refractivity contribution in [1.82, 2.24) is 5.43 Å². The van der Waals surface area contributed by atoms with Gasteiger partial charge in [0.2, 0.25) is 0 Å². The molecule has 0 fully saturated rings. The smallest absolute Gasteiger partial charge is 0.344 e. The quantitative estimate of drug-likeness (QED) is 0.271. The number of carbonyl (C=O) groups is 2. The Balaban J connectivity index is 1.58. The molecule has 0 aliphatic rings. The lowest BCUT2D eigenvalue weighted by atomic mass is 10.1. The Morgan fingerprint density at radius 1 is 1.00 bits per heavy atom. The Kier molecular flexibility index (Phi) is 6.34. The largest absolute Gasteiger partial charge is 0.423 e. The number of halogens is 1. The number of hydrazone groups is 1. The van der Waals surface area contributed by atoms with Crippen LogP contribution in [0.3, 0.4) is 0 Å². The first-order valence-corrected chi connectivity index (χ1v) is 9.29. The second kappa shape index (κ2) is 9.10. The minimum Gasteiger partial charge on any atom is -0.423 e. The van der Waals surface area contributed by atoms with Gasteiger partial charge in [-0.25, -0.2) is 10.2 Å². The number of nitrogens with zero attached hydrogens (tertiary/aromatic N) is 1. The molecule has 0 spiro atoms. The third-order valence-corrected chi connectivity index (χ3v) is 4.54. The van der Waals surface area contributed by atoms with Crippen molar-refractivity contribution in [3.63, 3.8) is 0 Å².